The molecule has 21 heavy (non-hydrogen) atoms. The van der Waals surface area contributed by atoms with Crippen LogP contribution in [0.3, 0.4) is 0 Å². The van der Waals surface area contributed by atoms with Crippen LogP contribution in [0.4, 0.5) is 0 Å². The number of aliphatic hydroxyl groups is 1. The maximum Gasteiger partial charge on any atom is 0.328 e. The number of aromatic nitrogens is 1. The molecule has 6 nitrogen and oxygen atoms in total. The zero-order valence-corrected chi connectivity index (χ0v) is 11.8. The van der Waals surface area contributed by atoms with Gasteiger partial charge in [0.15, 0.2) is 0 Å². The second-order valence-electron chi connectivity index (χ2n) is 5.20. The number of rotatable bonds is 3. The van der Waals surface area contributed by atoms with Gasteiger partial charge in [0.1, 0.15) is 5.69 Å². The van der Waals surface area contributed by atoms with Gasteiger partial charge >= 0.3 is 5.97 Å². The lowest BCUT2D eigenvalue weighted by atomic mass is 9.95. The predicted octanol–water partition coefficient (Wildman–Crippen LogP) is 1.02. The number of β-amino-alcohol motifs (C(OH)–C–C–N with tert-alkyl or cyclic N) is 1. The maximum absolute atomic E-state index is 12.5. The molecule has 1 aliphatic rings. The van der Waals surface area contributed by atoms with Gasteiger partial charge in [-0.1, -0.05) is 13.0 Å². The van der Waals surface area contributed by atoms with Crippen LogP contribution < -0.4 is 0 Å². The van der Waals surface area contributed by atoms with Gasteiger partial charge in [0.2, 0.25) is 0 Å². The summed E-state index contributed by atoms with van der Waals surface area (Å²) in [7, 11) is 0. The molecule has 112 valence electrons. The van der Waals surface area contributed by atoms with E-state index in [9.17, 15) is 14.7 Å². The Labute approximate surface area is 122 Å². The summed E-state index contributed by atoms with van der Waals surface area (Å²) in [6.45, 7) is 2.79. The summed E-state index contributed by atoms with van der Waals surface area (Å²) >= 11 is 0. The van der Waals surface area contributed by atoms with E-state index in [4.69, 9.17) is 5.11 Å². The third-order valence-electron chi connectivity index (χ3n) is 3.65. The number of carboxylic acid groups (broad SMARTS) is 1. The predicted molar refractivity (Wildman–Crippen MR) is 76.6 cm³/mol. The van der Waals surface area contributed by atoms with Gasteiger partial charge in [0.05, 0.1) is 6.10 Å². The molecule has 1 aromatic rings. The molecule has 0 saturated carbocycles. The van der Waals surface area contributed by atoms with E-state index in [1.165, 1.54) is 12.3 Å². The van der Waals surface area contributed by atoms with E-state index in [2.05, 4.69) is 4.98 Å². The van der Waals surface area contributed by atoms with E-state index in [0.717, 1.165) is 12.5 Å². The topological polar surface area (TPSA) is 90.7 Å². The number of hydrogen-bond acceptors (Lipinski definition) is 4. The Morgan fingerprint density at radius 2 is 2.24 bits per heavy atom. The van der Waals surface area contributed by atoms with Crippen LogP contribution in [0.15, 0.2) is 24.4 Å². The van der Waals surface area contributed by atoms with Crippen LogP contribution in [-0.2, 0) is 4.79 Å². The first-order valence-electron chi connectivity index (χ1n) is 6.82. The van der Waals surface area contributed by atoms with E-state index in [-0.39, 0.29) is 24.1 Å². The van der Waals surface area contributed by atoms with Gasteiger partial charge in [-0.25, -0.2) is 4.79 Å². The second-order valence-corrected chi connectivity index (χ2v) is 5.20. The fraction of sp³-hybridized carbons (Fsp3) is 0.400. The van der Waals surface area contributed by atoms with E-state index >= 15 is 0 Å². The summed E-state index contributed by atoms with van der Waals surface area (Å²) in [5.74, 6) is -1.20. The number of aliphatic carboxylic acids is 1. The third kappa shape index (κ3) is 3.66. The van der Waals surface area contributed by atoms with Gasteiger partial charge in [0.25, 0.3) is 5.91 Å². The zero-order valence-electron chi connectivity index (χ0n) is 11.8. The molecule has 0 radical (unpaired) electrons. The van der Waals surface area contributed by atoms with Crippen LogP contribution in [0.5, 0.6) is 0 Å². The number of carbonyl (C=O) groups excluding carboxylic acids is 1. The molecule has 1 amide bonds. The summed E-state index contributed by atoms with van der Waals surface area (Å²) in [6.07, 6.45) is 4.02. The molecule has 0 aliphatic carbocycles. The van der Waals surface area contributed by atoms with Crippen molar-refractivity contribution in [3.63, 3.8) is 0 Å². The molecule has 1 aromatic heterocycles. The van der Waals surface area contributed by atoms with Crippen molar-refractivity contribution < 1.29 is 19.8 Å². The SMILES string of the molecule is CC1CCN(C(=O)c2ncccc2/C=C/C(=O)O)CC1O. The second kappa shape index (κ2) is 6.49. The molecule has 1 saturated heterocycles. The van der Waals surface area contributed by atoms with Crippen molar-refractivity contribution in [2.45, 2.75) is 19.4 Å². The Kier molecular flexibility index (Phi) is 4.70. The van der Waals surface area contributed by atoms with Crippen molar-refractivity contribution in [1.29, 1.82) is 0 Å². The molecule has 2 heterocycles. The van der Waals surface area contributed by atoms with E-state index in [0.29, 0.717) is 12.1 Å². The molecular weight excluding hydrogens is 272 g/mol. The van der Waals surface area contributed by atoms with Gasteiger partial charge < -0.3 is 15.1 Å². The van der Waals surface area contributed by atoms with Gasteiger partial charge in [-0.05, 0) is 24.5 Å². The van der Waals surface area contributed by atoms with Crippen molar-refractivity contribution in [3.8, 4) is 0 Å². The van der Waals surface area contributed by atoms with Crippen LogP contribution in [0.25, 0.3) is 6.08 Å². The summed E-state index contributed by atoms with van der Waals surface area (Å²) in [4.78, 5) is 28.7. The van der Waals surface area contributed by atoms with E-state index < -0.39 is 12.1 Å². The molecule has 0 bridgehead atoms. The Balaban J connectivity index is 2.21. The van der Waals surface area contributed by atoms with Crippen molar-refractivity contribution in [3.05, 3.63) is 35.7 Å². The number of amides is 1. The minimum Gasteiger partial charge on any atom is -0.478 e. The molecule has 1 aliphatic heterocycles. The summed E-state index contributed by atoms with van der Waals surface area (Å²) in [5.41, 5.74) is 0.662. The van der Waals surface area contributed by atoms with Crippen LogP contribution in [0.2, 0.25) is 0 Å². The Hall–Kier alpha value is -2.21. The van der Waals surface area contributed by atoms with Crippen molar-refractivity contribution >= 4 is 18.0 Å². The summed E-state index contributed by atoms with van der Waals surface area (Å²) in [5, 5.41) is 18.6. The highest BCUT2D eigenvalue weighted by Gasteiger charge is 2.29. The molecule has 2 N–H and O–H groups in total. The Morgan fingerprint density at radius 1 is 1.48 bits per heavy atom. The molecule has 6 heteroatoms. The molecule has 1 fully saturated rings. The van der Waals surface area contributed by atoms with Gasteiger partial charge in [-0.2, -0.15) is 0 Å². The number of hydrogen-bond donors (Lipinski definition) is 2. The largest absolute Gasteiger partial charge is 0.478 e. The number of piperidine rings is 1. The third-order valence-corrected chi connectivity index (χ3v) is 3.65. The molecule has 2 rings (SSSR count). The quantitative estimate of drug-likeness (QED) is 0.811. The van der Waals surface area contributed by atoms with Crippen molar-refractivity contribution in [2.75, 3.05) is 13.1 Å². The minimum absolute atomic E-state index is 0.171. The molecule has 0 aromatic carbocycles. The number of aliphatic hydroxyl groups excluding tert-OH is 1. The average molecular weight is 290 g/mol. The van der Waals surface area contributed by atoms with Crippen molar-refractivity contribution in [1.82, 2.24) is 9.88 Å². The van der Waals surface area contributed by atoms with Crippen LogP contribution >= 0.6 is 0 Å². The number of pyridine rings is 1. The first-order valence-corrected chi connectivity index (χ1v) is 6.82. The monoisotopic (exact) mass is 290 g/mol. The zero-order chi connectivity index (χ0) is 15.4. The fourth-order valence-electron chi connectivity index (χ4n) is 2.28. The number of carbonyl (C=O) groups is 2. The molecular formula is C15H18N2O4. The van der Waals surface area contributed by atoms with Crippen LogP contribution in [-0.4, -0.2) is 51.2 Å². The Bertz CT molecular complexity index is 571. The van der Waals surface area contributed by atoms with Crippen molar-refractivity contribution in [2.24, 2.45) is 5.92 Å². The minimum atomic E-state index is -1.08. The molecule has 2 unspecified atom stereocenters. The number of nitrogens with zero attached hydrogens (tertiary/aromatic N) is 2. The lowest BCUT2D eigenvalue weighted by Gasteiger charge is -2.34. The van der Waals surface area contributed by atoms with Gasteiger partial charge in [-0.3, -0.25) is 9.78 Å². The van der Waals surface area contributed by atoms with E-state index in [1.807, 2.05) is 6.92 Å². The number of carboxylic acids is 1. The highest BCUT2D eigenvalue weighted by molar-refractivity contribution is 5.97. The number of likely N-dealkylation sites (tertiary alicyclic amines) is 1. The average Bonchev–Trinajstić information content (AvgIpc) is 2.47. The maximum atomic E-state index is 12.5. The first-order chi connectivity index (χ1) is 9.99. The van der Waals surface area contributed by atoms with Crippen LogP contribution in [0, 0.1) is 5.92 Å². The fourth-order valence-corrected chi connectivity index (χ4v) is 2.28. The van der Waals surface area contributed by atoms with Crippen LogP contribution in [0.1, 0.15) is 29.4 Å². The lowest BCUT2D eigenvalue weighted by molar-refractivity contribution is -0.131. The molecule has 2 atom stereocenters. The van der Waals surface area contributed by atoms with Gasteiger partial charge in [0, 0.05) is 30.9 Å². The highest BCUT2D eigenvalue weighted by Crippen LogP contribution is 2.20. The highest BCUT2D eigenvalue weighted by atomic mass is 16.4. The summed E-state index contributed by atoms with van der Waals surface area (Å²) < 4.78 is 0. The van der Waals surface area contributed by atoms with E-state index in [1.54, 1.807) is 17.0 Å². The normalized spacial score (nSPS) is 22.5. The Morgan fingerprint density at radius 3 is 2.90 bits per heavy atom. The molecule has 0 spiro atoms. The van der Waals surface area contributed by atoms with Gasteiger partial charge in [-0.15, -0.1) is 0 Å². The smallest absolute Gasteiger partial charge is 0.328 e. The lowest BCUT2D eigenvalue weighted by Crippen LogP contribution is -2.46. The first kappa shape index (κ1) is 15.2. The standard InChI is InChI=1S/C15H18N2O4/c1-10-6-8-17(9-12(10)18)15(21)14-11(3-2-7-16-14)4-5-13(19)20/h2-5,7,10,12,18H,6,8-9H2,1H3,(H,19,20)/b5-4+. The summed E-state index contributed by atoms with van der Waals surface area (Å²) in [6, 6.07) is 3.29.